The molecule has 0 radical (unpaired) electrons. The molecule has 0 bridgehead atoms. The molecule has 1 fully saturated rings. The first-order valence-electron chi connectivity index (χ1n) is 11.2. The summed E-state index contributed by atoms with van der Waals surface area (Å²) < 4.78 is 5.44. The number of pyridine rings is 1. The number of aromatic nitrogens is 1. The number of aliphatic hydroxyl groups is 1. The molecule has 1 aromatic heterocycles. The third-order valence-corrected chi connectivity index (χ3v) is 6.17. The molecule has 2 aromatic carbocycles. The number of ether oxygens (including phenoxy) is 1. The summed E-state index contributed by atoms with van der Waals surface area (Å²) in [5.41, 5.74) is 4.08. The van der Waals surface area contributed by atoms with E-state index in [1.54, 1.807) is 24.5 Å². The fourth-order valence-corrected chi connectivity index (χ4v) is 4.29. The molecule has 1 saturated heterocycles. The van der Waals surface area contributed by atoms with Crippen molar-refractivity contribution in [2.45, 2.75) is 39.3 Å². The van der Waals surface area contributed by atoms with Crippen LogP contribution in [0.1, 0.15) is 53.6 Å². The SMILES string of the molecule is COc1ccc(C)cc1/C(O)=C1\C(=O)C(=O)N(Cc2ccncc2)C1c1ccc(C(C)C)cc1. The van der Waals surface area contributed by atoms with Gasteiger partial charge in [0.05, 0.1) is 24.3 Å². The maximum absolute atomic E-state index is 13.3. The number of rotatable bonds is 6. The second kappa shape index (κ2) is 9.51. The number of aryl methyl sites for hydroxylation is 1. The van der Waals surface area contributed by atoms with E-state index in [9.17, 15) is 14.7 Å². The fourth-order valence-electron chi connectivity index (χ4n) is 4.29. The summed E-state index contributed by atoms with van der Waals surface area (Å²) in [4.78, 5) is 32.1. The Morgan fingerprint density at radius 2 is 1.74 bits per heavy atom. The van der Waals surface area contributed by atoms with E-state index >= 15 is 0 Å². The number of hydrogen-bond acceptors (Lipinski definition) is 5. The number of benzene rings is 2. The lowest BCUT2D eigenvalue weighted by Gasteiger charge is -2.26. The van der Waals surface area contributed by atoms with Gasteiger partial charge in [0.25, 0.3) is 11.7 Å². The highest BCUT2D eigenvalue weighted by Crippen LogP contribution is 2.42. The number of aliphatic hydroxyl groups excluding tert-OH is 1. The molecule has 34 heavy (non-hydrogen) atoms. The van der Waals surface area contributed by atoms with Crippen molar-refractivity contribution in [2.24, 2.45) is 0 Å². The lowest BCUT2D eigenvalue weighted by molar-refractivity contribution is -0.140. The van der Waals surface area contributed by atoms with Crippen LogP contribution in [0, 0.1) is 6.92 Å². The van der Waals surface area contributed by atoms with Crippen molar-refractivity contribution in [3.05, 3.63) is 100 Å². The smallest absolute Gasteiger partial charge is 0.295 e. The van der Waals surface area contributed by atoms with Gasteiger partial charge in [-0.25, -0.2) is 0 Å². The molecule has 1 atom stereocenters. The van der Waals surface area contributed by atoms with E-state index in [-0.39, 0.29) is 17.9 Å². The predicted octanol–water partition coefficient (Wildman–Crippen LogP) is 5.14. The molecule has 2 heterocycles. The van der Waals surface area contributed by atoms with Gasteiger partial charge in [-0.05, 0) is 53.8 Å². The Morgan fingerprint density at radius 1 is 1.06 bits per heavy atom. The minimum atomic E-state index is -0.736. The minimum absolute atomic E-state index is 0.0558. The van der Waals surface area contributed by atoms with Crippen LogP contribution in [0.15, 0.2) is 72.6 Å². The summed E-state index contributed by atoms with van der Waals surface area (Å²) in [6, 6.07) is 16.1. The molecular weight excluding hydrogens is 428 g/mol. The topological polar surface area (TPSA) is 79.7 Å². The van der Waals surface area contributed by atoms with E-state index in [2.05, 4.69) is 18.8 Å². The van der Waals surface area contributed by atoms with E-state index in [1.807, 2.05) is 49.4 Å². The molecule has 0 spiro atoms. The Kier molecular flexibility index (Phi) is 6.50. The van der Waals surface area contributed by atoms with Crippen molar-refractivity contribution >= 4 is 17.4 Å². The molecule has 1 amide bonds. The molecule has 1 N–H and O–H groups in total. The number of carbonyl (C=O) groups excluding carboxylic acids is 2. The molecule has 3 aromatic rings. The molecule has 0 saturated carbocycles. The van der Waals surface area contributed by atoms with Crippen LogP contribution in [-0.2, 0) is 16.1 Å². The van der Waals surface area contributed by atoms with Crippen molar-refractivity contribution in [1.29, 1.82) is 0 Å². The fraction of sp³-hybridized carbons (Fsp3) is 0.250. The Hall–Kier alpha value is -3.93. The van der Waals surface area contributed by atoms with E-state index in [0.29, 0.717) is 17.2 Å². The van der Waals surface area contributed by atoms with Crippen molar-refractivity contribution in [3.8, 4) is 5.75 Å². The van der Waals surface area contributed by atoms with Gasteiger partial charge in [0, 0.05) is 18.9 Å². The van der Waals surface area contributed by atoms with Gasteiger partial charge in [-0.1, -0.05) is 49.7 Å². The molecule has 1 aliphatic heterocycles. The number of Topliss-reactive ketones (excluding diaryl/α,β-unsaturated/α-hetero) is 1. The summed E-state index contributed by atoms with van der Waals surface area (Å²) in [5.74, 6) is -0.837. The van der Waals surface area contributed by atoms with Gasteiger partial charge in [0.1, 0.15) is 11.5 Å². The number of carbonyl (C=O) groups is 2. The van der Waals surface area contributed by atoms with Crippen molar-refractivity contribution in [3.63, 3.8) is 0 Å². The quantitative estimate of drug-likeness (QED) is 0.315. The molecule has 6 heteroatoms. The highest BCUT2D eigenvalue weighted by Gasteiger charge is 2.46. The number of nitrogens with zero attached hydrogens (tertiary/aromatic N) is 2. The van der Waals surface area contributed by atoms with E-state index < -0.39 is 17.7 Å². The van der Waals surface area contributed by atoms with Gasteiger partial charge in [0.15, 0.2) is 0 Å². The Morgan fingerprint density at radius 3 is 2.35 bits per heavy atom. The van der Waals surface area contributed by atoms with Crippen molar-refractivity contribution in [2.75, 3.05) is 7.11 Å². The number of amides is 1. The van der Waals surface area contributed by atoms with E-state index in [0.717, 1.165) is 22.3 Å². The summed E-state index contributed by atoms with van der Waals surface area (Å²) in [6.07, 6.45) is 3.30. The molecule has 1 aliphatic rings. The van der Waals surface area contributed by atoms with Crippen LogP contribution in [0.4, 0.5) is 0 Å². The first kappa shape index (κ1) is 23.2. The predicted molar refractivity (Wildman–Crippen MR) is 130 cm³/mol. The summed E-state index contributed by atoms with van der Waals surface area (Å²) in [7, 11) is 1.51. The van der Waals surface area contributed by atoms with Crippen LogP contribution in [0.2, 0.25) is 0 Å². The van der Waals surface area contributed by atoms with Crippen LogP contribution >= 0.6 is 0 Å². The molecule has 6 nitrogen and oxygen atoms in total. The van der Waals surface area contributed by atoms with Crippen LogP contribution in [-0.4, -0.2) is 33.8 Å². The molecular formula is C28H28N2O4. The van der Waals surface area contributed by atoms with E-state index in [4.69, 9.17) is 4.74 Å². The normalized spacial score (nSPS) is 17.4. The van der Waals surface area contributed by atoms with Gasteiger partial charge in [-0.2, -0.15) is 0 Å². The number of methoxy groups -OCH3 is 1. The standard InChI is InChI=1S/C28H28N2O4/c1-17(2)20-6-8-21(9-7-20)25-24(26(31)22-15-18(3)5-10-23(22)34-4)27(32)28(33)30(25)16-19-11-13-29-14-12-19/h5-15,17,25,31H,16H2,1-4H3/b26-24+. The lowest BCUT2D eigenvalue weighted by atomic mass is 9.92. The van der Waals surface area contributed by atoms with Gasteiger partial charge in [-0.15, -0.1) is 0 Å². The molecule has 1 unspecified atom stereocenters. The Balaban J connectivity index is 1.90. The lowest BCUT2D eigenvalue weighted by Crippen LogP contribution is -2.29. The average molecular weight is 457 g/mol. The van der Waals surface area contributed by atoms with Gasteiger partial charge in [0.2, 0.25) is 0 Å². The first-order chi connectivity index (χ1) is 16.3. The van der Waals surface area contributed by atoms with Crippen molar-refractivity contribution in [1.82, 2.24) is 9.88 Å². The monoisotopic (exact) mass is 456 g/mol. The highest BCUT2D eigenvalue weighted by atomic mass is 16.5. The van der Waals surface area contributed by atoms with Gasteiger partial charge < -0.3 is 14.7 Å². The summed E-state index contributed by atoms with van der Waals surface area (Å²) >= 11 is 0. The zero-order chi connectivity index (χ0) is 24.4. The second-order valence-corrected chi connectivity index (χ2v) is 8.81. The van der Waals surface area contributed by atoms with Crippen LogP contribution in [0.3, 0.4) is 0 Å². The third kappa shape index (κ3) is 4.31. The molecule has 174 valence electrons. The van der Waals surface area contributed by atoms with Crippen LogP contribution in [0.25, 0.3) is 5.76 Å². The maximum atomic E-state index is 13.3. The number of likely N-dealkylation sites (tertiary alicyclic amines) is 1. The zero-order valence-electron chi connectivity index (χ0n) is 19.8. The highest BCUT2D eigenvalue weighted by molar-refractivity contribution is 6.46. The Labute approximate surface area is 199 Å². The minimum Gasteiger partial charge on any atom is -0.507 e. The zero-order valence-corrected chi connectivity index (χ0v) is 19.8. The molecule has 0 aliphatic carbocycles. The van der Waals surface area contributed by atoms with Crippen LogP contribution in [0.5, 0.6) is 5.75 Å². The maximum Gasteiger partial charge on any atom is 0.295 e. The number of hydrogen-bond donors (Lipinski definition) is 1. The van der Waals surface area contributed by atoms with Crippen molar-refractivity contribution < 1.29 is 19.4 Å². The van der Waals surface area contributed by atoms with Gasteiger partial charge in [-0.3, -0.25) is 14.6 Å². The summed E-state index contributed by atoms with van der Waals surface area (Å²) in [5, 5.41) is 11.4. The summed E-state index contributed by atoms with van der Waals surface area (Å²) in [6.45, 7) is 6.31. The van der Waals surface area contributed by atoms with E-state index in [1.165, 1.54) is 12.0 Å². The molecule has 4 rings (SSSR count). The average Bonchev–Trinajstić information content (AvgIpc) is 3.09. The largest absolute Gasteiger partial charge is 0.507 e. The van der Waals surface area contributed by atoms with Gasteiger partial charge >= 0.3 is 0 Å². The first-order valence-corrected chi connectivity index (χ1v) is 11.2. The Bertz CT molecular complexity index is 1250. The second-order valence-electron chi connectivity index (χ2n) is 8.81. The third-order valence-electron chi connectivity index (χ3n) is 6.17. The number of ketones is 1. The van der Waals surface area contributed by atoms with Crippen LogP contribution < -0.4 is 4.74 Å².